The summed E-state index contributed by atoms with van der Waals surface area (Å²) in [6.07, 6.45) is 2.68. The first-order valence-electron chi connectivity index (χ1n) is 8.97. The van der Waals surface area contributed by atoms with Crippen molar-refractivity contribution in [2.24, 2.45) is 5.92 Å². The average molecular weight is 428 g/mol. The molecule has 148 valence electrons. The summed E-state index contributed by atoms with van der Waals surface area (Å²) in [5.74, 6) is -0.125. The van der Waals surface area contributed by atoms with Gasteiger partial charge in [0, 0.05) is 17.6 Å². The predicted molar refractivity (Wildman–Crippen MR) is 113 cm³/mol. The van der Waals surface area contributed by atoms with Gasteiger partial charge in [0.25, 0.3) is 0 Å². The third kappa shape index (κ3) is 4.82. The van der Waals surface area contributed by atoms with Crippen LogP contribution in [-0.2, 0) is 14.8 Å². The number of nitrogens with zero attached hydrogens (tertiary/aromatic N) is 1. The molecule has 6 nitrogen and oxygen atoms in total. The first kappa shape index (κ1) is 20.6. The molecule has 0 spiro atoms. The number of thiazole rings is 1. The van der Waals surface area contributed by atoms with Crippen molar-refractivity contribution in [1.82, 2.24) is 9.71 Å². The van der Waals surface area contributed by atoms with E-state index in [-0.39, 0.29) is 17.9 Å². The van der Waals surface area contributed by atoms with Gasteiger partial charge in [0.2, 0.25) is 15.9 Å². The molecule has 1 aromatic heterocycles. The fourth-order valence-corrected chi connectivity index (χ4v) is 5.22. The SMILES string of the molecule is CC(C)(C)S(=O)(=O)N[C@H]1CC[C@H](C(=O)Nc2ccc3sc(S)nc3c2)CC1. The summed E-state index contributed by atoms with van der Waals surface area (Å²) in [5.41, 5.74) is 1.55. The van der Waals surface area contributed by atoms with Crippen molar-refractivity contribution in [3.8, 4) is 0 Å². The van der Waals surface area contributed by atoms with Crippen LogP contribution in [0.3, 0.4) is 0 Å². The molecule has 1 aliphatic carbocycles. The van der Waals surface area contributed by atoms with E-state index in [4.69, 9.17) is 0 Å². The molecule has 27 heavy (non-hydrogen) atoms. The van der Waals surface area contributed by atoms with Crippen LogP contribution in [0, 0.1) is 5.92 Å². The van der Waals surface area contributed by atoms with Gasteiger partial charge in [-0.2, -0.15) is 0 Å². The van der Waals surface area contributed by atoms with E-state index in [9.17, 15) is 13.2 Å². The first-order valence-corrected chi connectivity index (χ1v) is 11.7. The molecule has 0 saturated heterocycles. The molecule has 1 aliphatic rings. The van der Waals surface area contributed by atoms with Crippen LogP contribution in [0.4, 0.5) is 5.69 Å². The van der Waals surface area contributed by atoms with E-state index in [1.807, 2.05) is 18.2 Å². The molecule has 9 heteroatoms. The average Bonchev–Trinajstić information content (AvgIpc) is 2.93. The molecule has 3 rings (SSSR count). The highest BCUT2D eigenvalue weighted by Crippen LogP contribution is 2.29. The maximum Gasteiger partial charge on any atom is 0.227 e. The largest absolute Gasteiger partial charge is 0.326 e. The molecular weight excluding hydrogens is 402 g/mol. The summed E-state index contributed by atoms with van der Waals surface area (Å²) >= 11 is 5.76. The Bertz CT molecular complexity index is 940. The number of anilines is 1. The van der Waals surface area contributed by atoms with Crippen LogP contribution in [0.5, 0.6) is 0 Å². The number of fused-ring (bicyclic) bond motifs is 1. The van der Waals surface area contributed by atoms with E-state index in [1.54, 1.807) is 20.8 Å². The highest BCUT2D eigenvalue weighted by molar-refractivity contribution is 7.90. The van der Waals surface area contributed by atoms with E-state index in [1.165, 1.54) is 11.3 Å². The lowest BCUT2D eigenvalue weighted by molar-refractivity contribution is -0.120. The van der Waals surface area contributed by atoms with Gasteiger partial charge < -0.3 is 5.32 Å². The van der Waals surface area contributed by atoms with Crippen LogP contribution in [-0.4, -0.2) is 30.1 Å². The lowest BCUT2D eigenvalue weighted by Crippen LogP contribution is -2.46. The summed E-state index contributed by atoms with van der Waals surface area (Å²) in [4.78, 5) is 16.9. The van der Waals surface area contributed by atoms with Gasteiger partial charge in [-0.15, -0.1) is 24.0 Å². The molecule has 0 radical (unpaired) electrons. The number of carbonyl (C=O) groups excluding carboxylic acids is 1. The van der Waals surface area contributed by atoms with Crippen molar-refractivity contribution < 1.29 is 13.2 Å². The maximum atomic E-state index is 12.6. The van der Waals surface area contributed by atoms with Crippen LogP contribution in [0.1, 0.15) is 46.5 Å². The minimum atomic E-state index is -3.37. The molecule has 2 aromatic rings. The number of hydrogen-bond donors (Lipinski definition) is 3. The van der Waals surface area contributed by atoms with Crippen LogP contribution in [0.2, 0.25) is 0 Å². The number of benzene rings is 1. The minimum absolute atomic E-state index is 0.0206. The van der Waals surface area contributed by atoms with Gasteiger partial charge in [0.15, 0.2) is 0 Å². The van der Waals surface area contributed by atoms with E-state index in [0.717, 1.165) is 15.9 Å². The maximum absolute atomic E-state index is 12.6. The first-order chi connectivity index (χ1) is 12.5. The number of carbonyl (C=O) groups is 1. The molecule has 0 unspecified atom stereocenters. The Morgan fingerprint density at radius 2 is 1.89 bits per heavy atom. The fourth-order valence-electron chi connectivity index (χ4n) is 3.11. The number of thiol groups is 1. The molecule has 1 aromatic carbocycles. The second-order valence-corrected chi connectivity index (χ2v) is 12.2. The standard InChI is InChI=1S/C18H25N3O3S3/c1-18(2,3)27(23,24)21-12-6-4-11(5-7-12)16(22)19-13-8-9-15-14(10-13)20-17(25)26-15/h8-12,21H,4-7H2,1-3H3,(H,19,22)(H,20,25)/t11-,12-. The summed E-state index contributed by atoms with van der Waals surface area (Å²) in [6, 6.07) is 5.56. The Morgan fingerprint density at radius 3 is 2.52 bits per heavy atom. The van der Waals surface area contributed by atoms with Gasteiger partial charge in [0.05, 0.1) is 15.0 Å². The Morgan fingerprint density at radius 1 is 1.22 bits per heavy atom. The summed E-state index contributed by atoms with van der Waals surface area (Å²) in [5, 5.41) is 2.96. The highest BCUT2D eigenvalue weighted by Gasteiger charge is 2.34. The Kier molecular flexibility index (Phi) is 5.86. The van der Waals surface area contributed by atoms with E-state index < -0.39 is 14.8 Å². The third-order valence-corrected chi connectivity index (χ3v) is 8.34. The Balaban J connectivity index is 1.56. The van der Waals surface area contributed by atoms with Crippen LogP contribution in [0.25, 0.3) is 10.2 Å². The number of sulfonamides is 1. The van der Waals surface area contributed by atoms with Crippen molar-refractivity contribution in [1.29, 1.82) is 0 Å². The van der Waals surface area contributed by atoms with Crippen molar-refractivity contribution >= 4 is 55.8 Å². The third-order valence-electron chi connectivity index (χ3n) is 4.87. The number of hydrogen-bond acceptors (Lipinski definition) is 6. The lowest BCUT2D eigenvalue weighted by Gasteiger charge is -2.30. The van der Waals surface area contributed by atoms with Crippen LogP contribution < -0.4 is 10.0 Å². The molecule has 2 N–H and O–H groups in total. The van der Waals surface area contributed by atoms with Crippen molar-refractivity contribution in [2.75, 3.05) is 5.32 Å². The van der Waals surface area contributed by atoms with Crippen molar-refractivity contribution in [2.45, 2.75) is 61.6 Å². The molecule has 0 bridgehead atoms. The number of rotatable bonds is 4. The molecule has 0 atom stereocenters. The number of aromatic nitrogens is 1. The predicted octanol–water partition coefficient (Wildman–Crippen LogP) is 3.80. The molecule has 1 amide bonds. The van der Waals surface area contributed by atoms with E-state index in [2.05, 4.69) is 27.7 Å². The van der Waals surface area contributed by atoms with E-state index >= 15 is 0 Å². The minimum Gasteiger partial charge on any atom is -0.326 e. The van der Waals surface area contributed by atoms with Gasteiger partial charge in [-0.1, -0.05) is 0 Å². The summed E-state index contributed by atoms with van der Waals surface area (Å²) in [6.45, 7) is 5.05. The molecular formula is C18H25N3O3S3. The smallest absolute Gasteiger partial charge is 0.227 e. The fraction of sp³-hybridized carbons (Fsp3) is 0.556. The van der Waals surface area contributed by atoms with E-state index in [0.29, 0.717) is 30.0 Å². The zero-order chi connectivity index (χ0) is 19.8. The van der Waals surface area contributed by atoms with Gasteiger partial charge in [-0.3, -0.25) is 4.79 Å². The van der Waals surface area contributed by atoms with Crippen molar-refractivity contribution in [3.63, 3.8) is 0 Å². The molecule has 1 saturated carbocycles. The highest BCUT2D eigenvalue weighted by atomic mass is 32.2. The molecule has 1 heterocycles. The summed E-state index contributed by atoms with van der Waals surface area (Å²) in [7, 11) is -3.37. The Labute approximate surface area is 169 Å². The van der Waals surface area contributed by atoms with Gasteiger partial charge >= 0.3 is 0 Å². The van der Waals surface area contributed by atoms with Crippen molar-refractivity contribution in [3.05, 3.63) is 18.2 Å². The number of nitrogens with one attached hydrogen (secondary N) is 2. The Hall–Kier alpha value is -1.16. The van der Waals surface area contributed by atoms with Crippen LogP contribution >= 0.6 is 24.0 Å². The second kappa shape index (κ2) is 7.69. The van der Waals surface area contributed by atoms with Gasteiger partial charge in [0.1, 0.15) is 4.34 Å². The zero-order valence-electron chi connectivity index (χ0n) is 15.7. The monoisotopic (exact) mass is 427 g/mol. The molecule has 1 fully saturated rings. The summed E-state index contributed by atoms with van der Waals surface area (Å²) < 4.78 is 28.3. The normalized spacial score (nSPS) is 21.3. The van der Waals surface area contributed by atoms with Gasteiger partial charge in [-0.25, -0.2) is 18.1 Å². The topological polar surface area (TPSA) is 88.2 Å². The van der Waals surface area contributed by atoms with Gasteiger partial charge in [-0.05, 0) is 64.7 Å². The lowest BCUT2D eigenvalue weighted by atomic mass is 9.86. The second-order valence-electron chi connectivity index (χ2n) is 7.95. The zero-order valence-corrected chi connectivity index (χ0v) is 18.2. The quantitative estimate of drug-likeness (QED) is 0.648. The number of amides is 1. The van der Waals surface area contributed by atoms with Crippen LogP contribution in [0.15, 0.2) is 22.5 Å². The molecule has 0 aliphatic heterocycles.